The normalized spacial score (nSPS) is 25.0. The van der Waals surface area contributed by atoms with Crippen molar-refractivity contribution in [1.82, 2.24) is 0 Å². The first-order chi connectivity index (χ1) is 10.3. The molecule has 0 spiro atoms. The van der Waals surface area contributed by atoms with Gasteiger partial charge in [0.05, 0.1) is 19.6 Å². The molecule has 2 rings (SSSR count). The lowest BCUT2D eigenvalue weighted by Crippen LogP contribution is -2.65. The molecule has 1 aliphatic rings. The molecule has 1 aromatic rings. The van der Waals surface area contributed by atoms with Crippen molar-refractivity contribution in [2.75, 3.05) is 6.61 Å². The summed E-state index contributed by atoms with van der Waals surface area (Å²) in [6.07, 6.45) is 8.30. The van der Waals surface area contributed by atoms with Crippen LogP contribution in [0.25, 0.3) is 0 Å². The summed E-state index contributed by atoms with van der Waals surface area (Å²) in [5, 5.41) is 0.200. The van der Waals surface area contributed by atoms with Crippen molar-refractivity contribution in [3.63, 3.8) is 0 Å². The zero-order chi connectivity index (χ0) is 16.4. The van der Waals surface area contributed by atoms with Gasteiger partial charge in [0.2, 0.25) is 0 Å². The monoisotopic (exact) mass is 320 g/mol. The van der Waals surface area contributed by atoms with Crippen molar-refractivity contribution in [2.45, 2.75) is 75.7 Å². The molecule has 0 radical (unpaired) electrons. The number of rotatable bonds is 5. The van der Waals surface area contributed by atoms with E-state index >= 15 is 0 Å². The van der Waals surface area contributed by atoms with Gasteiger partial charge in [0, 0.05) is 12.5 Å². The summed E-state index contributed by atoms with van der Waals surface area (Å²) in [5.74, 6) is 1.34. The van der Waals surface area contributed by atoms with Gasteiger partial charge in [-0.15, -0.1) is 6.58 Å². The van der Waals surface area contributed by atoms with Gasteiger partial charge < -0.3 is 9.15 Å². The van der Waals surface area contributed by atoms with Gasteiger partial charge >= 0.3 is 0 Å². The molecule has 0 aliphatic carbocycles. The zero-order valence-electron chi connectivity index (χ0n) is 14.9. The lowest BCUT2D eigenvalue weighted by Gasteiger charge is -2.56. The smallest absolute Gasteiger partial charge is 0.109 e. The SMILES string of the molecule is C=CCC(c1ccco1)C1([Si](C)(C)C(C)(C)C)CCCCO1. The Hall–Kier alpha value is -0.803. The maximum atomic E-state index is 6.65. The van der Waals surface area contributed by atoms with Gasteiger partial charge in [-0.3, -0.25) is 0 Å². The molecule has 0 bridgehead atoms. The minimum Gasteiger partial charge on any atom is -0.469 e. The third kappa shape index (κ3) is 2.85. The molecule has 22 heavy (non-hydrogen) atoms. The third-order valence-electron chi connectivity index (χ3n) is 6.09. The fraction of sp³-hybridized carbons (Fsp3) is 0.684. The van der Waals surface area contributed by atoms with Crippen LogP contribution >= 0.6 is 0 Å². The van der Waals surface area contributed by atoms with Crippen molar-refractivity contribution in [3.05, 3.63) is 36.8 Å². The molecule has 1 aliphatic heterocycles. The Morgan fingerprint density at radius 2 is 2.09 bits per heavy atom. The molecule has 1 saturated heterocycles. The Morgan fingerprint density at radius 3 is 2.55 bits per heavy atom. The number of ether oxygens (including phenoxy) is 1. The van der Waals surface area contributed by atoms with E-state index in [2.05, 4.69) is 46.5 Å². The summed E-state index contributed by atoms with van der Waals surface area (Å²) in [6, 6.07) is 4.11. The standard InChI is InChI=1S/C19H32O2Si/c1-7-11-16(17-12-10-14-20-17)19(13-8-9-15-21-19)22(5,6)18(2,3)4/h7,10,12,14,16H,1,8-9,11,13,15H2,2-6H3. The van der Waals surface area contributed by atoms with E-state index < -0.39 is 8.07 Å². The van der Waals surface area contributed by atoms with Crippen LogP contribution in [0.1, 0.15) is 58.1 Å². The van der Waals surface area contributed by atoms with Crippen LogP contribution in [-0.4, -0.2) is 19.9 Å². The lowest BCUT2D eigenvalue weighted by molar-refractivity contribution is -0.0498. The third-order valence-corrected chi connectivity index (χ3v) is 12.7. The molecule has 3 heteroatoms. The highest BCUT2D eigenvalue weighted by atomic mass is 28.3. The van der Waals surface area contributed by atoms with E-state index in [1.807, 2.05) is 12.1 Å². The quantitative estimate of drug-likeness (QED) is 0.496. The molecule has 0 N–H and O–H groups in total. The summed E-state index contributed by atoms with van der Waals surface area (Å²) in [5.41, 5.74) is 0. The number of allylic oxidation sites excluding steroid dienone is 1. The lowest BCUT2D eigenvalue weighted by atomic mass is 9.89. The van der Waals surface area contributed by atoms with E-state index in [1.165, 1.54) is 12.8 Å². The second-order valence-electron chi connectivity index (χ2n) is 8.16. The van der Waals surface area contributed by atoms with Crippen molar-refractivity contribution in [2.24, 2.45) is 0 Å². The van der Waals surface area contributed by atoms with Gasteiger partial charge in [0.1, 0.15) is 5.76 Å². The average molecular weight is 321 g/mol. The Balaban J connectivity index is 2.54. The van der Waals surface area contributed by atoms with Crippen molar-refractivity contribution in [1.29, 1.82) is 0 Å². The first-order valence-corrected chi connectivity index (χ1v) is 11.5. The van der Waals surface area contributed by atoms with Crippen LogP contribution < -0.4 is 0 Å². The van der Waals surface area contributed by atoms with Gasteiger partial charge in [-0.1, -0.05) is 39.9 Å². The zero-order valence-corrected chi connectivity index (χ0v) is 15.9. The predicted molar refractivity (Wildman–Crippen MR) is 96.0 cm³/mol. The molecular weight excluding hydrogens is 288 g/mol. The van der Waals surface area contributed by atoms with E-state index in [0.29, 0.717) is 0 Å². The molecule has 0 saturated carbocycles. The van der Waals surface area contributed by atoms with Crippen LogP contribution in [-0.2, 0) is 4.74 Å². The van der Waals surface area contributed by atoms with Crippen LogP contribution in [0.2, 0.25) is 18.1 Å². The Labute approximate surface area is 136 Å². The second-order valence-corrected chi connectivity index (χ2v) is 13.8. The summed E-state index contributed by atoms with van der Waals surface area (Å²) >= 11 is 0. The predicted octanol–water partition coefficient (Wildman–Crippen LogP) is 5.93. The maximum Gasteiger partial charge on any atom is 0.109 e. The number of furan rings is 1. The van der Waals surface area contributed by atoms with Crippen LogP contribution in [0.5, 0.6) is 0 Å². The van der Waals surface area contributed by atoms with Gasteiger partial charge in [0.15, 0.2) is 0 Å². The minimum absolute atomic E-state index is 0.0739. The minimum atomic E-state index is -1.74. The van der Waals surface area contributed by atoms with E-state index in [1.54, 1.807) is 6.26 Å². The van der Waals surface area contributed by atoms with Gasteiger partial charge in [-0.25, -0.2) is 0 Å². The van der Waals surface area contributed by atoms with Gasteiger partial charge in [-0.2, -0.15) is 0 Å². The van der Waals surface area contributed by atoms with Gasteiger partial charge in [-0.05, 0) is 42.9 Å². The van der Waals surface area contributed by atoms with Crippen LogP contribution in [0.15, 0.2) is 35.5 Å². The van der Waals surface area contributed by atoms with E-state index in [-0.39, 0.29) is 16.2 Å². The largest absolute Gasteiger partial charge is 0.469 e. The average Bonchev–Trinajstić information content (AvgIpc) is 2.98. The number of hydrogen-bond donors (Lipinski definition) is 0. The molecule has 0 aromatic carbocycles. The summed E-state index contributed by atoms with van der Waals surface area (Å²) < 4.78 is 12.5. The fourth-order valence-corrected chi connectivity index (χ4v) is 7.51. The molecule has 2 atom stereocenters. The maximum absolute atomic E-state index is 6.65. The molecular formula is C19H32O2Si. The highest BCUT2D eigenvalue weighted by molar-refractivity contribution is 6.83. The van der Waals surface area contributed by atoms with Crippen molar-refractivity contribution >= 4 is 8.07 Å². The van der Waals surface area contributed by atoms with E-state index in [9.17, 15) is 0 Å². The molecule has 2 nitrogen and oxygen atoms in total. The molecule has 1 aromatic heterocycles. The van der Waals surface area contributed by atoms with Crippen LogP contribution in [0.4, 0.5) is 0 Å². The molecule has 2 unspecified atom stereocenters. The summed E-state index contributed by atoms with van der Waals surface area (Å²) in [6.45, 7) is 17.0. The van der Waals surface area contributed by atoms with E-state index in [0.717, 1.165) is 25.2 Å². The molecule has 0 amide bonds. The van der Waals surface area contributed by atoms with Crippen molar-refractivity contribution in [3.8, 4) is 0 Å². The Morgan fingerprint density at radius 1 is 1.36 bits per heavy atom. The van der Waals surface area contributed by atoms with Gasteiger partial charge in [0.25, 0.3) is 0 Å². The molecule has 1 fully saturated rings. The van der Waals surface area contributed by atoms with E-state index in [4.69, 9.17) is 9.15 Å². The van der Waals surface area contributed by atoms with Crippen molar-refractivity contribution < 1.29 is 9.15 Å². The first kappa shape index (κ1) is 17.5. The topological polar surface area (TPSA) is 22.4 Å². The summed E-state index contributed by atoms with van der Waals surface area (Å²) in [4.78, 5) is 0. The molecule has 2 heterocycles. The van der Waals surface area contributed by atoms with Crippen LogP contribution in [0.3, 0.4) is 0 Å². The fourth-order valence-electron chi connectivity index (χ4n) is 3.85. The molecule has 124 valence electrons. The van der Waals surface area contributed by atoms with Crippen LogP contribution in [0, 0.1) is 0 Å². The Bertz CT molecular complexity index is 476. The second kappa shape index (κ2) is 6.36. The highest BCUT2D eigenvalue weighted by Gasteiger charge is 2.58. The highest BCUT2D eigenvalue weighted by Crippen LogP contribution is 2.54. The first-order valence-electron chi connectivity index (χ1n) is 8.54. The Kier molecular flexibility index (Phi) is 5.08. The number of hydrogen-bond acceptors (Lipinski definition) is 2. The summed E-state index contributed by atoms with van der Waals surface area (Å²) in [7, 11) is -1.74.